The highest BCUT2D eigenvalue weighted by Crippen LogP contribution is 2.35. The largest absolute Gasteiger partial charge is 0.481 e. The summed E-state index contributed by atoms with van der Waals surface area (Å²) in [4.78, 5) is 25.9. The fourth-order valence-corrected chi connectivity index (χ4v) is 2.87. The van der Waals surface area contributed by atoms with Crippen LogP contribution in [0.25, 0.3) is 22.0 Å². The zero-order valence-corrected chi connectivity index (χ0v) is 13.0. The quantitative estimate of drug-likeness (QED) is 0.574. The number of hydrogen-bond acceptors (Lipinski definition) is 4. The number of carboxylic acid groups (broad SMARTS) is 1. The third kappa shape index (κ3) is 2.83. The topological polar surface area (TPSA) is 98.3 Å². The number of benzene rings is 1. The Bertz CT molecular complexity index is 932. The molecule has 122 valence electrons. The fraction of sp³-hybridized carbons (Fsp3) is 0.176. The molecule has 0 radical (unpaired) electrons. The van der Waals surface area contributed by atoms with Crippen molar-refractivity contribution < 1.29 is 14.8 Å². The van der Waals surface area contributed by atoms with E-state index in [9.17, 15) is 14.9 Å². The smallest absolute Gasteiger partial charge is 0.303 e. The highest BCUT2D eigenvalue weighted by molar-refractivity contribution is 5.96. The summed E-state index contributed by atoms with van der Waals surface area (Å²) in [6.07, 6.45) is 5.21. The van der Waals surface area contributed by atoms with Crippen LogP contribution < -0.4 is 0 Å². The first kappa shape index (κ1) is 15.7. The predicted molar refractivity (Wildman–Crippen MR) is 88.8 cm³/mol. The number of carboxylic acids is 1. The van der Waals surface area contributed by atoms with Crippen molar-refractivity contribution in [1.82, 2.24) is 9.55 Å². The minimum atomic E-state index is -0.928. The van der Waals surface area contributed by atoms with Gasteiger partial charge in [0.1, 0.15) is 0 Å². The second kappa shape index (κ2) is 6.11. The summed E-state index contributed by atoms with van der Waals surface area (Å²) in [5, 5.41) is 20.9. The predicted octanol–water partition coefficient (Wildman–Crippen LogP) is 3.17. The van der Waals surface area contributed by atoms with Gasteiger partial charge in [-0.05, 0) is 41.3 Å². The highest BCUT2D eigenvalue weighted by atomic mass is 16.6. The molecule has 0 aliphatic heterocycles. The van der Waals surface area contributed by atoms with E-state index in [2.05, 4.69) is 4.98 Å². The summed E-state index contributed by atoms with van der Waals surface area (Å²) in [5.41, 5.74) is 2.92. The molecule has 3 aromatic rings. The number of nitrogens with zero attached hydrogens (tertiary/aromatic N) is 3. The van der Waals surface area contributed by atoms with E-state index >= 15 is 0 Å². The Morgan fingerprint density at radius 3 is 2.62 bits per heavy atom. The van der Waals surface area contributed by atoms with Crippen LogP contribution in [0, 0.1) is 10.1 Å². The Morgan fingerprint density at radius 1 is 1.29 bits per heavy atom. The van der Waals surface area contributed by atoms with Gasteiger partial charge in [0.2, 0.25) is 0 Å². The van der Waals surface area contributed by atoms with Gasteiger partial charge in [-0.3, -0.25) is 19.9 Å². The van der Waals surface area contributed by atoms with Crippen LogP contribution in [0.4, 0.5) is 5.69 Å². The van der Waals surface area contributed by atoms with E-state index in [-0.39, 0.29) is 18.5 Å². The van der Waals surface area contributed by atoms with Crippen LogP contribution in [0.15, 0.2) is 42.9 Å². The molecule has 0 unspecified atom stereocenters. The molecule has 0 atom stereocenters. The molecule has 0 fully saturated rings. The molecule has 7 heteroatoms. The molecular formula is C17H15N3O4. The lowest BCUT2D eigenvalue weighted by molar-refractivity contribution is -0.383. The SMILES string of the molecule is Cn1cc(CCC(=O)O)c2c([N+](=O)[O-])cc(-c3ccncc3)cc21. The van der Waals surface area contributed by atoms with E-state index in [1.54, 1.807) is 42.3 Å². The van der Waals surface area contributed by atoms with Crippen LogP contribution in [0.2, 0.25) is 0 Å². The van der Waals surface area contributed by atoms with Crippen LogP contribution >= 0.6 is 0 Å². The first-order valence-electron chi connectivity index (χ1n) is 7.36. The van der Waals surface area contributed by atoms with Gasteiger partial charge in [0.05, 0.1) is 15.8 Å². The first-order chi connectivity index (χ1) is 11.5. The molecule has 2 heterocycles. The Morgan fingerprint density at radius 2 is 2.00 bits per heavy atom. The van der Waals surface area contributed by atoms with E-state index in [1.165, 1.54) is 6.07 Å². The molecule has 3 rings (SSSR count). The van der Waals surface area contributed by atoms with Gasteiger partial charge in [-0.1, -0.05) is 0 Å². The summed E-state index contributed by atoms with van der Waals surface area (Å²) in [6, 6.07) is 6.99. The van der Waals surface area contributed by atoms with Crippen LogP contribution in [-0.2, 0) is 18.3 Å². The number of rotatable bonds is 5. The standard InChI is InChI=1S/C17H15N3O4/c1-19-10-12(2-3-16(21)22)17-14(19)8-13(9-15(17)20(23)24)11-4-6-18-7-5-11/h4-10H,2-3H2,1H3,(H,21,22). The Balaban J connectivity index is 2.22. The summed E-state index contributed by atoms with van der Waals surface area (Å²) < 4.78 is 1.80. The van der Waals surface area contributed by atoms with Gasteiger partial charge in [-0.2, -0.15) is 0 Å². The van der Waals surface area contributed by atoms with Gasteiger partial charge in [0, 0.05) is 38.1 Å². The number of pyridine rings is 1. The maximum Gasteiger partial charge on any atom is 0.303 e. The van der Waals surface area contributed by atoms with Crippen molar-refractivity contribution in [2.24, 2.45) is 7.05 Å². The summed E-state index contributed by atoms with van der Waals surface area (Å²) in [6.45, 7) is 0. The third-order valence-electron chi connectivity index (χ3n) is 3.97. The van der Waals surface area contributed by atoms with E-state index in [0.717, 1.165) is 11.1 Å². The second-order valence-electron chi connectivity index (χ2n) is 5.54. The number of fused-ring (bicyclic) bond motifs is 1. The van der Waals surface area contributed by atoms with Gasteiger partial charge < -0.3 is 9.67 Å². The average molecular weight is 325 g/mol. The van der Waals surface area contributed by atoms with Gasteiger partial charge >= 0.3 is 5.97 Å². The van der Waals surface area contributed by atoms with E-state index < -0.39 is 10.9 Å². The van der Waals surface area contributed by atoms with Crippen molar-refractivity contribution in [2.45, 2.75) is 12.8 Å². The molecule has 7 nitrogen and oxygen atoms in total. The third-order valence-corrected chi connectivity index (χ3v) is 3.97. The minimum Gasteiger partial charge on any atom is -0.481 e. The van der Waals surface area contributed by atoms with E-state index in [0.29, 0.717) is 16.5 Å². The summed E-state index contributed by atoms with van der Waals surface area (Å²) >= 11 is 0. The van der Waals surface area contributed by atoms with Crippen LogP contribution in [0.1, 0.15) is 12.0 Å². The minimum absolute atomic E-state index is 0.0136. The van der Waals surface area contributed by atoms with E-state index in [1.807, 2.05) is 6.07 Å². The lowest BCUT2D eigenvalue weighted by atomic mass is 10.0. The van der Waals surface area contributed by atoms with Gasteiger partial charge in [0.25, 0.3) is 5.69 Å². The number of aryl methyl sites for hydroxylation is 2. The van der Waals surface area contributed by atoms with Gasteiger partial charge in [0.15, 0.2) is 0 Å². The van der Waals surface area contributed by atoms with Crippen LogP contribution in [-0.4, -0.2) is 25.6 Å². The summed E-state index contributed by atoms with van der Waals surface area (Å²) in [5.74, 6) is -0.928. The summed E-state index contributed by atoms with van der Waals surface area (Å²) in [7, 11) is 1.80. The molecule has 1 aromatic carbocycles. The zero-order chi connectivity index (χ0) is 17.3. The lowest BCUT2D eigenvalue weighted by Gasteiger charge is -2.05. The van der Waals surface area contributed by atoms with Crippen LogP contribution in [0.5, 0.6) is 0 Å². The number of nitro groups is 1. The van der Waals surface area contributed by atoms with Crippen molar-refractivity contribution in [3.05, 3.63) is 58.5 Å². The van der Waals surface area contributed by atoms with Crippen molar-refractivity contribution >= 4 is 22.6 Å². The molecule has 0 aliphatic rings. The van der Waals surface area contributed by atoms with Crippen LogP contribution in [0.3, 0.4) is 0 Å². The molecule has 0 saturated heterocycles. The van der Waals surface area contributed by atoms with Crippen molar-refractivity contribution in [3.63, 3.8) is 0 Å². The molecule has 24 heavy (non-hydrogen) atoms. The van der Waals surface area contributed by atoms with Crippen molar-refractivity contribution in [3.8, 4) is 11.1 Å². The molecule has 0 aliphatic carbocycles. The fourth-order valence-electron chi connectivity index (χ4n) is 2.87. The number of carbonyl (C=O) groups is 1. The van der Waals surface area contributed by atoms with Gasteiger partial charge in [-0.15, -0.1) is 0 Å². The number of aliphatic carboxylic acids is 1. The molecular weight excluding hydrogens is 310 g/mol. The first-order valence-corrected chi connectivity index (χ1v) is 7.36. The maximum absolute atomic E-state index is 11.6. The zero-order valence-electron chi connectivity index (χ0n) is 13.0. The molecule has 0 amide bonds. The number of aromatic nitrogens is 2. The average Bonchev–Trinajstić information content (AvgIpc) is 2.89. The molecule has 2 aromatic heterocycles. The molecule has 0 spiro atoms. The molecule has 0 bridgehead atoms. The monoisotopic (exact) mass is 325 g/mol. The lowest BCUT2D eigenvalue weighted by Crippen LogP contribution is -1.98. The van der Waals surface area contributed by atoms with Gasteiger partial charge in [-0.25, -0.2) is 0 Å². The Labute approximate surface area is 137 Å². The normalized spacial score (nSPS) is 10.9. The molecule has 0 saturated carbocycles. The number of non-ortho nitro benzene ring substituents is 1. The number of nitro benzene ring substituents is 1. The maximum atomic E-state index is 11.6. The molecule has 1 N–H and O–H groups in total. The second-order valence-corrected chi connectivity index (χ2v) is 5.54. The highest BCUT2D eigenvalue weighted by Gasteiger charge is 2.21. The van der Waals surface area contributed by atoms with Crippen molar-refractivity contribution in [1.29, 1.82) is 0 Å². The number of hydrogen-bond donors (Lipinski definition) is 1. The van der Waals surface area contributed by atoms with Crippen molar-refractivity contribution in [2.75, 3.05) is 0 Å². The Hall–Kier alpha value is -3.22. The Kier molecular flexibility index (Phi) is 3.99. The van der Waals surface area contributed by atoms with E-state index in [4.69, 9.17) is 5.11 Å².